The van der Waals surface area contributed by atoms with Crippen LogP contribution in [0.5, 0.6) is 0 Å². The van der Waals surface area contributed by atoms with E-state index >= 15 is 0 Å². The SMILES string of the molecule is Cc1cc(Cl)nc(Cl)c1NC(=O)c1snnc1C(C)C. The van der Waals surface area contributed by atoms with E-state index in [0.29, 0.717) is 16.3 Å². The maximum Gasteiger partial charge on any atom is 0.269 e. The Hall–Kier alpha value is -1.24. The molecule has 0 unspecified atom stereocenters. The van der Waals surface area contributed by atoms with Gasteiger partial charge in [0.05, 0.1) is 11.4 Å². The molecule has 0 atom stereocenters. The molecule has 2 rings (SSSR count). The van der Waals surface area contributed by atoms with Gasteiger partial charge < -0.3 is 5.32 Å². The molecule has 8 heteroatoms. The number of aryl methyl sites for hydroxylation is 1. The van der Waals surface area contributed by atoms with Crippen molar-refractivity contribution in [2.24, 2.45) is 0 Å². The zero-order chi connectivity index (χ0) is 14.9. The number of hydrogen-bond acceptors (Lipinski definition) is 5. The number of carbonyl (C=O) groups excluding carboxylic acids is 1. The number of rotatable bonds is 3. The zero-order valence-electron chi connectivity index (χ0n) is 11.1. The monoisotopic (exact) mass is 330 g/mol. The first-order valence-corrected chi connectivity index (χ1v) is 7.39. The van der Waals surface area contributed by atoms with E-state index in [4.69, 9.17) is 23.2 Å². The number of hydrogen-bond donors (Lipinski definition) is 1. The molecule has 0 spiro atoms. The highest BCUT2D eigenvalue weighted by atomic mass is 35.5. The van der Waals surface area contributed by atoms with Gasteiger partial charge >= 0.3 is 0 Å². The van der Waals surface area contributed by atoms with Gasteiger partial charge in [-0.2, -0.15) is 0 Å². The van der Waals surface area contributed by atoms with Crippen molar-refractivity contribution in [1.29, 1.82) is 0 Å². The Kier molecular flexibility index (Phi) is 4.57. The van der Waals surface area contributed by atoms with E-state index in [0.717, 1.165) is 17.1 Å². The first-order chi connectivity index (χ1) is 9.40. The summed E-state index contributed by atoms with van der Waals surface area (Å²) in [5, 5.41) is 7.16. The predicted molar refractivity (Wildman–Crippen MR) is 80.9 cm³/mol. The number of nitrogens with zero attached hydrogens (tertiary/aromatic N) is 3. The Bertz CT molecular complexity index is 634. The van der Waals surface area contributed by atoms with Gasteiger partial charge in [0.25, 0.3) is 5.91 Å². The maximum atomic E-state index is 12.3. The number of carbonyl (C=O) groups is 1. The number of aromatic nitrogens is 3. The van der Waals surface area contributed by atoms with Gasteiger partial charge in [-0.25, -0.2) is 4.98 Å². The second kappa shape index (κ2) is 6.03. The number of halogens is 2. The van der Waals surface area contributed by atoms with Gasteiger partial charge in [0.15, 0.2) is 5.15 Å². The van der Waals surface area contributed by atoms with E-state index in [2.05, 4.69) is 19.9 Å². The second-order valence-corrected chi connectivity index (χ2v) is 6.02. The maximum absolute atomic E-state index is 12.3. The van der Waals surface area contributed by atoms with Gasteiger partial charge in [-0.15, -0.1) is 5.10 Å². The predicted octanol–water partition coefficient (Wildman–Crippen LogP) is 3.92. The van der Waals surface area contributed by atoms with Crippen molar-refractivity contribution in [2.45, 2.75) is 26.7 Å². The van der Waals surface area contributed by atoms with Gasteiger partial charge in [0, 0.05) is 0 Å². The van der Waals surface area contributed by atoms with Crippen LogP contribution in [0.1, 0.15) is 40.7 Å². The van der Waals surface area contributed by atoms with E-state index in [1.54, 1.807) is 13.0 Å². The van der Waals surface area contributed by atoms with Crippen molar-refractivity contribution in [3.05, 3.63) is 32.5 Å². The lowest BCUT2D eigenvalue weighted by Crippen LogP contribution is -2.14. The fourth-order valence-electron chi connectivity index (χ4n) is 1.65. The number of nitrogens with one attached hydrogen (secondary N) is 1. The van der Waals surface area contributed by atoms with E-state index in [9.17, 15) is 4.79 Å². The van der Waals surface area contributed by atoms with Crippen molar-refractivity contribution in [3.8, 4) is 0 Å². The van der Waals surface area contributed by atoms with Crippen LogP contribution in [0.4, 0.5) is 5.69 Å². The smallest absolute Gasteiger partial charge is 0.269 e. The Morgan fingerprint density at radius 1 is 1.40 bits per heavy atom. The van der Waals surface area contributed by atoms with Crippen molar-refractivity contribution in [3.63, 3.8) is 0 Å². The van der Waals surface area contributed by atoms with Crippen LogP contribution < -0.4 is 5.32 Å². The van der Waals surface area contributed by atoms with Gasteiger partial charge in [-0.3, -0.25) is 4.79 Å². The summed E-state index contributed by atoms with van der Waals surface area (Å²) < 4.78 is 3.83. The third kappa shape index (κ3) is 3.08. The molecule has 1 amide bonds. The van der Waals surface area contributed by atoms with Gasteiger partial charge in [-0.05, 0) is 36.0 Å². The minimum absolute atomic E-state index is 0.120. The molecular weight excluding hydrogens is 319 g/mol. The molecule has 0 saturated heterocycles. The Labute approximate surface area is 130 Å². The molecule has 0 bridgehead atoms. The van der Waals surface area contributed by atoms with Crippen LogP contribution in [-0.2, 0) is 0 Å². The summed E-state index contributed by atoms with van der Waals surface area (Å²) in [4.78, 5) is 16.7. The largest absolute Gasteiger partial charge is 0.318 e. The third-order valence-corrected chi connectivity index (χ3v) is 3.85. The highest BCUT2D eigenvalue weighted by Crippen LogP contribution is 2.28. The van der Waals surface area contributed by atoms with Crippen LogP contribution in [0.3, 0.4) is 0 Å². The molecule has 0 aliphatic rings. The topological polar surface area (TPSA) is 67.8 Å². The highest BCUT2D eigenvalue weighted by molar-refractivity contribution is 7.08. The molecule has 106 valence electrons. The lowest BCUT2D eigenvalue weighted by Gasteiger charge is -2.10. The number of amides is 1. The summed E-state index contributed by atoms with van der Waals surface area (Å²) in [6, 6.07) is 1.64. The molecule has 2 heterocycles. The summed E-state index contributed by atoms with van der Waals surface area (Å²) in [6.45, 7) is 5.70. The molecule has 5 nitrogen and oxygen atoms in total. The van der Waals surface area contributed by atoms with E-state index in [1.807, 2.05) is 13.8 Å². The van der Waals surface area contributed by atoms with E-state index < -0.39 is 0 Å². The number of pyridine rings is 1. The summed E-state index contributed by atoms with van der Waals surface area (Å²) >= 11 is 12.9. The van der Waals surface area contributed by atoms with Crippen molar-refractivity contribution >= 4 is 46.3 Å². The molecule has 20 heavy (non-hydrogen) atoms. The van der Waals surface area contributed by atoms with Gasteiger partial charge in [-0.1, -0.05) is 41.5 Å². The normalized spacial score (nSPS) is 10.9. The minimum atomic E-state index is -0.294. The molecule has 0 fully saturated rings. The van der Waals surface area contributed by atoms with E-state index in [1.165, 1.54) is 0 Å². The Morgan fingerprint density at radius 2 is 2.10 bits per heavy atom. The summed E-state index contributed by atoms with van der Waals surface area (Å²) in [6.07, 6.45) is 0. The minimum Gasteiger partial charge on any atom is -0.318 e. The molecule has 1 N–H and O–H groups in total. The zero-order valence-corrected chi connectivity index (χ0v) is 13.4. The summed E-state index contributed by atoms with van der Waals surface area (Å²) in [5.41, 5.74) is 1.86. The fraction of sp³-hybridized carbons (Fsp3) is 0.333. The van der Waals surface area contributed by atoms with Crippen LogP contribution in [0, 0.1) is 6.92 Å². The van der Waals surface area contributed by atoms with Crippen molar-refractivity contribution < 1.29 is 4.79 Å². The van der Waals surface area contributed by atoms with Crippen molar-refractivity contribution in [1.82, 2.24) is 14.6 Å². The molecular formula is C12H12Cl2N4OS. The molecule has 2 aromatic rings. The lowest BCUT2D eigenvalue weighted by molar-refractivity contribution is 0.102. The van der Waals surface area contributed by atoms with Crippen LogP contribution in [0.15, 0.2) is 6.07 Å². The highest BCUT2D eigenvalue weighted by Gasteiger charge is 2.20. The summed E-state index contributed by atoms with van der Waals surface area (Å²) in [7, 11) is 0. The molecule has 0 aliphatic carbocycles. The van der Waals surface area contributed by atoms with E-state index in [-0.39, 0.29) is 22.1 Å². The van der Waals surface area contributed by atoms with Crippen LogP contribution in [0.25, 0.3) is 0 Å². The molecule has 0 aliphatic heterocycles. The lowest BCUT2D eigenvalue weighted by atomic mass is 10.1. The average Bonchev–Trinajstić information content (AvgIpc) is 2.82. The van der Waals surface area contributed by atoms with Gasteiger partial charge in [0.2, 0.25) is 0 Å². The standard InChI is InChI=1S/C12H12Cl2N4OS/c1-5(2)8-10(20-18-17-8)12(19)16-9-6(3)4-7(13)15-11(9)14/h4-5H,1-3H3,(H,16,19). The van der Waals surface area contributed by atoms with Gasteiger partial charge in [0.1, 0.15) is 10.0 Å². The van der Waals surface area contributed by atoms with Crippen molar-refractivity contribution in [2.75, 3.05) is 5.32 Å². The molecule has 2 aromatic heterocycles. The quantitative estimate of drug-likeness (QED) is 0.866. The Balaban J connectivity index is 2.31. The fourth-order valence-corrected chi connectivity index (χ4v) is 2.94. The molecule has 0 aromatic carbocycles. The number of anilines is 1. The van der Waals surface area contributed by atoms with Crippen LogP contribution >= 0.6 is 34.7 Å². The second-order valence-electron chi connectivity index (χ2n) is 4.52. The van der Waals surface area contributed by atoms with Crippen LogP contribution in [-0.4, -0.2) is 20.5 Å². The first-order valence-electron chi connectivity index (χ1n) is 5.86. The molecule has 0 saturated carbocycles. The van der Waals surface area contributed by atoms with Crippen LogP contribution in [0.2, 0.25) is 10.3 Å². The third-order valence-electron chi connectivity index (χ3n) is 2.65. The Morgan fingerprint density at radius 3 is 2.70 bits per heavy atom. The first kappa shape index (κ1) is 15.2. The average molecular weight is 331 g/mol. The molecule has 0 radical (unpaired) electrons. The summed E-state index contributed by atoms with van der Waals surface area (Å²) in [5.74, 6) is -0.174.